The van der Waals surface area contributed by atoms with E-state index < -0.39 is 6.10 Å². The zero-order valence-electron chi connectivity index (χ0n) is 11.8. The molecule has 0 radical (unpaired) electrons. The number of aliphatic hydroxyl groups is 1. The van der Waals surface area contributed by atoms with Crippen LogP contribution < -0.4 is 9.64 Å². The van der Waals surface area contributed by atoms with E-state index in [0.29, 0.717) is 17.0 Å². The van der Waals surface area contributed by atoms with Crippen LogP contribution in [0.3, 0.4) is 0 Å². The highest BCUT2D eigenvalue weighted by molar-refractivity contribution is 6.01. The van der Waals surface area contributed by atoms with Crippen LogP contribution in [0, 0.1) is 11.3 Å². The van der Waals surface area contributed by atoms with E-state index in [1.807, 2.05) is 36.4 Å². The molecule has 110 valence electrons. The first-order valence-corrected chi connectivity index (χ1v) is 6.88. The summed E-state index contributed by atoms with van der Waals surface area (Å²) >= 11 is 0. The minimum atomic E-state index is -0.762. The zero-order valence-corrected chi connectivity index (χ0v) is 11.8. The topological polar surface area (TPSA) is 73.6 Å². The second kappa shape index (κ2) is 5.88. The average Bonchev–Trinajstić information content (AvgIpc) is 2.57. The molecule has 22 heavy (non-hydrogen) atoms. The first-order chi connectivity index (χ1) is 10.7. The Bertz CT molecular complexity index is 737. The summed E-state index contributed by atoms with van der Waals surface area (Å²) in [7, 11) is 0. The minimum absolute atomic E-state index is 0.0621. The van der Waals surface area contributed by atoms with E-state index in [1.54, 1.807) is 18.2 Å². The quantitative estimate of drug-likeness (QED) is 0.880. The molecule has 5 heteroatoms. The van der Waals surface area contributed by atoms with Crippen LogP contribution in [0.15, 0.2) is 48.5 Å². The highest BCUT2D eigenvalue weighted by atomic mass is 16.5. The Morgan fingerprint density at radius 3 is 2.68 bits per heavy atom. The summed E-state index contributed by atoms with van der Waals surface area (Å²) in [6.07, 6.45) is -0.762. The van der Waals surface area contributed by atoms with Crippen LogP contribution in [0.4, 0.5) is 5.69 Å². The number of nitrogens with zero attached hydrogens (tertiary/aromatic N) is 2. The summed E-state index contributed by atoms with van der Waals surface area (Å²) in [5.41, 5.74) is 1.92. The summed E-state index contributed by atoms with van der Waals surface area (Å²) in [6, 6.07) is 16.3. The number of amides is 1. The molecule has 1 aliphatic rings. The first kappa shape index (κ1) is 14.1. The molecule has 5 nitrogen and oxygen atoms in total. The van der Waals surface area contributed by atoms with Crippen molar-refractivity contribution in [3.63, 3.8) is 0 Å². The van der Waals surface area contributed by atoms with Crippen LogP contribution in [-0.4, -0.2) is 17.6 Å². The molecule has 1 aliphatic heterocycles. The molecule has 0 fully saturated rings. The number of hydrogen-bond acceptors (Lipinski definition) is 4. The van der Waals surface area contributed by atoms with Gasteiger partial charge in [-0.3, -0.25) is 9.69 Å². The van der Waals surface area contributed by atoms with Gasteiger partial charge in [-0.2, -0.15) is 5.26 Å². The number of ether oxygens (including phenoxy) is 1. The average molecular weight is 294 g/mol. The summed E-state index contributed by atoms with van der Waals surface area (Å²) in [5.74, 6) is 0.247. The van der Waals surface area contributed by atoms with Crippen LogP contribution in [-0.2, 0) is 11.4 Å². The summed E-state index contributed by atoms with van der Waals surface area (Å²) in [5, 5.41) is 18.3. The fourth-order valence-electron chi connectivity index (χ4n) is 2.48. The molecule has 0 spiro atoms. The summed E-state index contributed by atoms with van der Waals surface area (Å²) in [6.45, 7) is -0.197. The van der Waals surface area contributed by atoms with Crippen molar-refractivity contribution in [1.29, 1.82) is 5.26 Å². The highest BCUT2D eigenvalue weighted by Crippen LogP contribution is 2.39. The third-order valence-corrected chi connectivity index (χ3v) is 3.56. The first-order valence-electron chi connectivity index (χ1n) is 6.88. The van der Waals surface area contributed by atoms with Crippen molar-refractivity contribution in [3.05, 3.63) is 59.7 Å². The van der Waals surface area contributed by atoms with E-state index in [2.05, 4.69) is 0 Å². The van der Waals surface area contributed by atoms with E-state index in [0.717, 1.165) is 5.56 Å². The number of benzene rings is 2. The lowest BCUT2D eigenvalue weighted by Crippen LogP contribution is -2.41. The summed E-state index contributed by atoms with van der Waals surface area (Å²) in [4.78, 5) is 14.1. The van der Waals surface area contributed by atoms with Crippen LogP contribution in [0.2, 0.25) is 0 Å². The van der Waals surface area contributed by atoms with Gasteiger partial charge in [-0.1, -0.05) is 36.4 Å². The standard InChI is InChI=1S/C17H14N2O3/c18-8-9-19-14-10-12(11-20)6-7-15(14)22-16(17(19)21)13-4-2-1-3-5-13/h1-7,10,16,20H,9,11H2. The van der Waals surface area contributed by atoms with Crippen LogP contribution in [0.5, 0.6) is 5.75 Å². The van der Waals surface area contributed by atoms with Gasteiger partial charge in [0.1, 0.15) is 12.3 Å². The number of carbonyl (C=O) groups is 1. The van der Waals surface area contributed by atoms with Crippen LogP contribution in [0.25, 0.3) is 0 Å². The van der Waals surface area contributed by atoms with Gasteiger partial charge in [-0.05, 0) is 17.7 Å². The van der Waals surface area contributed by atoms with E-state index >= 15 is 0 Å². The molecule has 0 aliphatic carbocycles. The van der Waals surface area contributed by atoms with Crippen molar-refractivity contribution in [2.45, 2.75) is 12.7 Å². The Morgan fingerprint density at radius 2 is 2.00 bits per heavy atom. The monoisotopic (exact) mass is 294 g/mol. The second-order valence-corrected chi connectivity index (χ2v) is 4.95. The minimum Gasteiger partial charge on any atom is -0.474 e. The number of fused-ring (bicyclic) bond motifs is 1. The largest absolute Gasteiger partial charge is 0.474 e. The van der Waals surface area contributed by atoms with Gasteiger partial charge in [0, 0.05) is 5.56 Å². The highest BCUT2D eigenvalue weighted by Gasteiger charge is 2.35. The Kier molecular flexibility index (Phi) is 3.77. The van der Waals surface area contributed by atoms with Crippen molar-refractivity contribution in [2.24, 2.45) is 0 Å². The fourth-order valence-corrected chi connectivity index (χ4v) is 2.48. The lowest BCUT2D eigenvalue weighted by Gasteiger charge is -2.33. The maximum absolute atomic E-state index is 12.7. The maximum atomic E-state index is 12.7. The Hall–Kier alpha value is -2.84. The predicted molar refractivity (Wildman–Crippen MR) is 80.1 cm³/mol. The predicted octanol–water partition coefficient (Wildman–Crippen LogP) is 2.17. The van der Waals surface area contributed by atoms with Crippen molar-refractivity contribution in [3.8, 4) is 11.8 Å². The van der Waals surface area contributed by atoms with Gasteiger partial charge in [0.25, 0.3) is 5.91 Å². The number of hydrogen-bond donors (Lipinski definition) is 1. The fraction of sp³-hybridized carbons (Fsp3) is 0.176. The van der Waals surface area contributed by atoms with Crippen molar-refractivity contribution >= 4 is 11.6 Å². The lowest BCUT2D eigenvalue weighted by atomic mass is 10.0. The smallest absolute Gasteiger partial charge is 0.273 e. The van der Waals surface area contributed by atoms with E-state index in [-0.39, 0.29) is 19.1 Å². The van der Waals surface area contributed by atoms with Crippen LogP contribution in [0.1, 0.15) is 17.2 Å². The molecule has 1 amide bonds. The van der Waals surface area contributed by atoms with Gasteiger partial charge in [0.05, 0.1) is 18.4 Å². The third-order valence-electron chi connectivity index (χ3n) is 3.56. The number of rotatable bonds is 3. The molecule has 1 atom stereocenters. The molecule has 0 bridgehead atoms. The third kappa shape index (κ3) is 2.41. The molecule has 3 rings (SSSR count). The Labute approximate surface area is 128 Å². The molecule has 2 aromatic rings. The Balaban J connectivity index is 2.06. The van der Waals surface area contributed by atoms with Crippen molar-refractivity contribution in [2.75, 3.05) is 11.4 Å². The van der Waals surface area contributed by atoms with Crippen molar-refractivity contribution < 1.29 is 14.6 Å². The van der Waals surface area contributed by atoms with E-state index in [9.17, 15) is 9.90 Å². The molecule has 1 heterocycles. The normalized spacial score (nSPS) is 16.6. The zero-order chi connectivity index (χ0) is 15.5. The molecular formula is C17H14N2O3. The van der Waals surface area contributed by atoms with Gasteiger partial charge in [-0.15, -0.1) is 0 Å². The number of carbonyl (C=O) groups excluding carboxylic acids is 1. The lowest BCUT2D eigenvalue weighted by molar-refractivity contribution is -0.126. The van der Waals surface area contributed by atoms with E-state index in [1.165, 1.54) is 4.90 Å². The molecule has 0 saturated carbocycles. The summed E-state index contributed by atoms with van der Waals surface area (Å²) < 4.78 is 5.82. The van der Waals surface area contributed by atoms with E-state index in [4.69, 9.17) is 10.00 Å². The van der Waals surface area contributed by atoms with Gasteiger partial charge in [0.2, 0.25) is 6.10 Å². The molecular weight excluding hydrogens is 280 g/mol. The number of aliphatic hydroxyl groups excluding tert-OH is 1. The number of anilines is 1. The van der Waals surface area contributed by atoms with Gasteiger partial charge >= 0.3 is 0 Å². The Morgan fingerprint density at radius 1 is 1.23 bits per heavy atom. The molecule has 0 saturated heterocycles. The van der Waals surface area contributed by atoms with Crippen molar-refractivity contribution in [1.82, 2.24) is 0 Å². The van der Waals surface area contributed by atoms with Crippen LogP contribution >= 0.6 is 0 Å². The second-order valence-electron chi connectivity index (χ2n) is 4.95. The molecule has 2 aromatic carbocycles. The number of nitriles is 1. The molecule has 1 unspecified atom stereocenters. The maximum Gasteiger partial charge on any atom is 0.273 e. The van der Waals surface area contributed by atoms with Gasteiger partial charge in [-0.25, -0.2) is 0 Å². The van der Waals surface area contributed by atoms with Gasteiger partial charge in [0.15, 0.2) is 0 Å². The van der Waals surface area contributed by atoms with Gasteiger partial charge < -0.3 is 9.84 Å². The molecule has 0 aromatic heterocycles. The molecule has 1 N–H and O–H groups in total. The SMILES string of the molecule is N#CCN1C(=O)C(c2ccccc2)Oc2ccc(CO)cc21.